The number of nitrogens with zero attached hydrogens (tertiary/aromatic N) is 4. The number of rotatable bonds is 5. The number of amides is 2. The fourth-order valence-corrected chi connectivity index (χ4v) is 3.78. The minimum atomic E-state index is -0.0477. The largest absolute Gasteiger partial charge is 0.341 e. The predicted octanol–water partition coefficient (Wildman–Crippen LogP) is 2.04. The lowest BCUT2D eigenvalue weighted by molar-refractivity contribution is -0.139. The fourth-order valence-electron chi connectivity index (χ4n) is 3.78. The Kier molecular flexibility index (Phi) is 6.47. The third-order valence-corrected chi connectivity index (χ3v) is 5.84. The molecule has 0 aromatic carbocycles. The molecule has 2 amide bonds. The molecule has 1 aromatic heterocycles. The molecule has 27 heavy (non-hydrogen) atoms. The Hall–Kier alpha value is -1.95. The molecule has 3 rings (SSSR count). The van der Waals surface area contributed by atoms with Crippen LogP contribution < -0.4 is 0 Å². The van der Waals surface area contributed by atoms with Crippen LogP contribution in [0, 0.1) is 18.8 Å². The quantitative estimate of drug-likeness (QED) is 0.794. The van der Waals surface area contributed by atoms with Gasteiger partial charge in [-0.25, -0.2) is 0 Å². The average Bonchev–Trinajstić information content (AvgIpc) is 2.86. The van der Waals surface area contributed by atoms with Gasteiger partial charge in [-0.3, -0.25) is 14.6 Å². The van der Waals surface area contributed by atoms with E-state index in [1.54, 1.807) is 17.2 Å². The van der Waals surface area contributed by atoms with Crippen molar-refractivity contribution in [3.05, 3.63) is 29.6 Å². The molecule has 1 atom stereocenters. The summed E-state index contributed by atoms with van der Waals surface area (Å²) in [6.45, 7) is 12.3. The molecule has 0 bridgehead atoms. The topological polar surface area (TPSA) is 56.8 Å². The lowest BCUT2D eigenvalue weighted by Gasteiger charge is -2.40. The van der Waals surface area contributed by atoms with Crippen molar-refractivity contribution in [3.63, 3.8) is 0 Å². The summed E-state index contributed by atoms with van der Waals surface area (Å²) in [4.78, 5) is 35.7. The van der Waals surface area contributed by atoms with Crippen LogP contribution in [-0.2, 0) is 4.79 Å². The van der Waals surface area contributed by atoms with Crippen molar-refractivity contribution in [2.24, 2.45) is 11.8 Å². The third-order valence-electron chi connectivity index (χ3n) is 5.84. The van der Waals surface area contributed by atoms with Crippen molar-refractivity contribution in [1.29, 1.82) is 0 Å². The van der Waals surface area contributed by atoms with Gasteiger partial charge in [0.15, 0.2) is 0 Å². The standard InChI is InChI=1S/C21H32N4O2/c1-4-16(2)13-23-8-5-9-24(11-10-23)21(27)19-14-25(15-19)20(26)18-7-6-17(3)22-12-18/h6-7,12,16,19H,4-5,8-11,13-15H2,1-3H3. The van der Waals surface area contributed by atoms with Crippen molar-refractivity contribution in [3.8, 4) is 0 Å². The molecule has 3 heterocycles. The van der Waals surface area contributed by atoms with Gasteiger partial charge in [-0.15, -0.1) is 0 Å². The van der Waals surface area contributed by atoms with E-state index in [0.29, 0.717) is 24.6 Å². The first-order chi connectivity index (χ1) is 13.0. The van der Waals surface area contributed by atoms with E-state index in [1.165, 1.54) is 6.42 Å². The second-order valence-electron chi connectivity index (χ2n) is 8.09. The Balaban J connectivity index is 1.47. The van der Waals surface area contributed by atoms with Gasteiger partial charge < -0.3 is 14.7 Å². The Morgan fingerprint density at radius 1 is 1.15 bits per heavy atom. The first-order valence-electron chi connectivity index (χ1n) is 10.2. The number of carbonyl (C=O) groups excluding carboxylic acids is 2. The molecule has 0 saturated carbocycles. The Morgan fingerprint density at radius 3 is 2.59 bits per heavy atom. The SMILES string of the molecule is CCC(C)CN1CCCN(C(=O)C2CN(C(=O)c3ccc(C)nc3)C2)CC1. The molecule has 2 saturated heterocycles. The molecule has 1 aromatic rings. The molecule has 148 valence electrons. The second-order valence-corrected chi connectivity index (χ2v) is 8.09. The number of likely N-dealkylation sites (tertiary alicyclic amines) is 1. The van der Waals surface area contributed by atoms with Crippen molar-refractivity contribution >= 4 is 11.8 Å². The molecule has 0 radical (unpaired) electrons. The molecule has 6 nitrogen and oxygen atoms in total. The van der Waals surface area contributed by atoms with E-state index in [0.717, 1.165) is 44.8 Å². The summed E-state index contributed by atoms with van der Waals surface area (Å²) >= 11 is 0. The number of aromatic nitrogens is 1. The first-order valence-corrected chi connectivity index (χ1v) is 10.2. The van der Waals surface area contributed by atoms with Crippen LogP contribution in [0.5, 0.6) is 0 Å². The van der Waals surface area contributed by atoms with E-state index in [2.05, 4.69) is 23.7 Å². The maximum Gasteiger partial charge on any atom is 0.255 e. The maximum atomic E-state index is 12.8. The van der Waals surface area contributed by atoms with Crippen LogP contribution in [0.4, 0.5) is 0 Å². The van der Waals surface area contributed by atoms with Crippen molar-refractivity contribution in [2.75, 3.05) is 45.8 Å². The molecule has 0 spiro atoms. The van der Waals surface area contributed by atoms with Crippen molar-refractivity contribution in [1.82, 2.24) is 19.7 Å². The summed E-state index contributed by atoms with van der Waals surface area (Å²) < 4.78 is 0. The summed E-state index contributed by atoms with van der Waals surface area (Å²) in [6.07, 6.45) is 3.85. The highest BCUT2D eigenvalue weighted by molar-refractivity contribution is 5.95. The summed E-state index contributed by atoms with van der Waals surface area (Å²) in [5.41, 5.74) is 1.49. The van der Waals surface area contributed by atoms with E-state index in [-0.39, 0.29) is 17.7 Å². The van der Waals surface area contributed by atoms with Crippen molar-refractivity contribution in [2.45, 2.75) is 33.6 Å². The second kappa shape index (κ2) is 8.83. The molecule has 0 aliphatic carbocycles. The highest BCUT2D eigenvalue weighted by Crippen LogP contribution is 2.22. The fraction of sp³-hybridized carbons (Fsp3) is 0.667. The van der Waals surface area contributed by atoms with Crippen LogP contribution in [0.15, 0.2) is 18.3 Å². The molecule has 0 N–H and O–H groups in total. The van der Waals surface area contributed by atoms with E-state index < -0.39 is 0 Å². The van der Waals surface area contributed by atoms with Gasteiger partial charge in [-0.05, 0) is 37.9 Å². The summed E-state index contributed by atoms with van der Waals surface area (Å²) in [5, 5.41) is 0. The van der Waals surface area contributed by atoms with Crippen LogP contribution in [0.3, 0.4) is 0 Å². The maximum absolute atomic E-state index is 12.8. The first kappa shape index (κ1) is 19.8. The van der Waals surface area contributed by atoms with E-state index >= 15 is 0 Å². The zero-order chi connectivity index (χ0) is 19.4. The Labute approximate surface area is 162 Å². The van der Waals surface area contributed by atoms with Crippen LogP contribution in [0.1, 0.15) is 42.7 Å². The summed E-state index contributed by atoms with van der Waals surface area (Å²) in [5.74, 6) is 0.844. The van der Waals surface area contributed by atoms with Gasteiger partial charge >= 0.3 is 0 Å². The van der Waals surface area contributed by atoms with Gasteiger partial charge in [0.1, 0.15) is 0 Å². The Morgan fingerprint density at radius 2 is 1.93 bits per heavy atom. The van der Waals surface area contributed by atoms with Crippen LogP contribution in [-0.4, -0.2) is 77.3 Å². The molecule has 6 heteroatoms. The van der Waals surface area contributed by atoms with E-state index in [1.807, 2.05) is 17.9 Å². The van der Waals surface area contributed by atoms with Crippen LogP contribution in [0.25, 0.3) is 0 Å². The molecule has 2 aliphatic heterocycles. The molecular formula is C21H32N4O2. The summed E-state index contributed by atoms with van der Waals surface area (Å²) in [7, 11) is 0. The van der Waals surface area contributed by atoms with E-state index in [4.69, 9.17) is 0 Å². The number of hydrogen-bond donors (Lipinski definition) is 0. The Bertz CT molecular complexity index is 655. The molecule has 2 fully saturated rings. The molecule has 1 unspecified atom stereocenters. The van der Waals surface area contributed by atoms with Gasteiger partial charge in [-0.2, -0.15) is 0 Å². The van der Waals surface area contributed by atoms with Gasteiger partial charge in [0, 0.05) is 51.2 Å². The minimum Gasteiger partial charge on any atom is -0.341 e. The number of pyridine rings is 1. The highest BCUT2D eigenvalue weighted by atomic mass is 16.2. The van der Waals surface area contributed by atoms with Crippen LogP contribution in [0.2, 0.25) is 0 Å². The lowest BCUT2D eigenvalue weighted by atomic mass is 9.97. The smallest absolute Gasteiger partial charge is 0.255 e. The zero-order valence-corrected chi connectivity index (χ0v) is 16.9. The predicted molar refractivity (Wildman–Crippen MR) is 105 cm³/mol. The van der Waals surface area contributed by atoms with Gasteiger partial charge in [0.05, 0.1) is 11.5 Å². The number of aryl methyl sites for hydroxylation is 1. The molecular weight excluding hydrogens is 340 g/mol. The van der Waals surface area contributed by atoms with Gasteiger partial charge in [0.2, 0.25) is 5.91 Å². The monoisotopic (exact) mass is 372 g/mol. The lowest BCUT2D eigenvalue weighted by Crippen LogP contribution is -2.56. The highest BCUT2D eigenvalue weighted by Gasteiger charge is 2.38. The van der Waals surface area contributed by atoms with E-state index in [9.17, 15) is 9.59 Å². The number of carbonyl (C=O) groups is 2. The minimum absolute atomic E-state index is 0.0258. The van der Waals surface area contributed by atoms with Gasteiger partial charge in [0.25, 0.3) is 5.91 Å². The normalized spacial score (nSPS) is 20.1. The van der Waals surface area contributed by atoms with Gasteiger partial charge in [-0.1, -0.05) is 20.3 Å². The molecule has 2 aliphatic rings. The number of hydrogen-bond acceptors (Lipinski definition) is 4. The third kappa shape index (κ3) is 4.86. The van der Waals surface area contributed by atoms with Crippen molar-refractivity contribution < 1.29 is 9.59 Å². The van der Waals surface area contributed by atoms with Crippen LogP contribution >= 0.6 is 0 Å². The summed E-state index contributed by atoms with van der Waals surface area (Å²) in [6, 6.07) is 3.65. The average molecular weight is 373 g/mol. The zero-order valence-electron chi connectivity index (χ0n) is 16.9.